The van der Waals surface area contributed by atoms with Gasteiger partial charge in [0.2, 0.25) is 17.7 Å². The highest BCUT2D eigenvalue weighted by Crippen LogP contribution is 2.37. The molecule has 0 aromatic heterocycles. The third-order valence-corrected chi connectivity index (χ3v) is 8.85. The average Bonchev–Trinajstić information content (AvgIpc) is 3.60. The van der Waals surface area contributed by atoms with Crippen molar-refractivity contribution in [2.45, 2.75) is 43.5 Å². The van der Waals surface area contributed by atoms with Gasteiger partial charge in [0.05, 0.1) is 12.0 Å². The molecule has 0 bridgehead atoms. The number of likely N-dealkylation sites (N-methyl/N-ethyl adjacent to an activating group) is 2. The van der Waals surface area contributed by atoms with Crippen LogP contribution < -0.4 is 10.2 Å². The third kappa shape index (κ3) is 6.03. The van der Waals surface area contributed by atoms with E-state index in [1.807, 2.05) is 109 Å². The summed E-state index contributed by atoms with van der Waals surface area (Å²) in [5.74, 6) is -1.26. The molecule has 4 unspecified atom stereocenters. The lowest BCUT2D eigenvalue weighted by atomic mass is 9.99. The summed E-state index contributed by atoms with van der Waals surface area (Å²) in [6.45, 7) is 0.980. The van der Waals surface area contributed by atoms with Crippen LogP contribution in [0.3, 0.4) is 0 Å². The van der Waals surface area contributed by atoms with E-state index < -0.39 is 30.0 Å². The van der Waals surface area contributed by atoms with Gasteiger partial charge in [-0.3, -0.25) is 14.4 Å². The van der Waals surface area contributed by atoms with Gasteiger partial charge >= 0.3 is 0 Å². The molecule has 2 aliphatic heterocycles. The molecule has 0 saturated carbocycles. The van der Waals surface area contributed by atoms with Crippen molar-refractivity contribution in [1.82, 2.24) is 15.1 Å². The molecule has 1 fully saturated rings. The lowest BCUT2D eigenvalue weighted by Crippen LogP contribution is -2.54. The minimum Gasteiger partial charge on any atom is -0.391 e. The minimum absolute atomic E-state index is 0.0799. The van der Waals surface area contributed by atoms with Gasteiger partial charge in [0.15, 0.2) is 0 Å². The molecule has 8 heteroatoms. The maximum Gasteiger partial charge on any atom is 0.245 e. The quantitative estimate of drug-likeness (QED) is 0.326. The number of likely N-dealkylation sites (tertiary alicyclic amines) is 1. The molecule has 0 radical (unpaired) electrons. The average molecular weight is 591 g/mol. The van der Waals surface area contributed by atoms with Gasteiger partial charge < -0.3 is 25.1 Å². The summed E-state index contributed by atoms with van der Waals surface area (Å²) in [4.78, 5) is 46.9. The summed E-state index contributed by atoms with van der Waals surface area (Å²) in [6.07, 6.45) is -0.406. The number of carbonyl (C=O) groups excluding carboxylic acids is 3. The highest BCUT2D eigenvalue weighted by atomic mass is 16.3. The Hall–Kier alpha value is -4.69. The number of nitrogens with one attached hydrogen (secondary N) is 1. The summed E-state index contributed by atoms with van der Waals surface area (Å²) in [5, 5.41) is 15.8. The fourth-order valence-corrected chi connectivity index (χ4v) is 6.59. The Morgan fingerprint density at radius 2 is 1.59 bits per heavy atom. The van der Waals surface area contributed by atoms with Crippen LogP contribution in [-0.4, -0.2) is 78.0 Å². The number of aliphatic hydroxyl groups excluding tert-OH is 1. The van der Waals surface area contributed by atoms with E-state index in [9.17, 15) is 19.5 Å². The van der Waals surface area contributed by atoms with Crippen molar-refractivity contribution in [2.75, 3.05) is 32.1 Å². The normalized spacial score (nSPS) is 19.9. The molecule has 1 saturated heterocycles. The zero-order valence-corrected chi connectivity index (χ0v) is 25.1. The molecule has 0 spiro atoms. The summed E-state index contributed by atoms with van der Waals surface area (Å²) < 4.78 is 0. The van der Waals surface area contributed by atoms with Crippen LogP contribution in [-0.2, 0) is 27.3 Å². The Balaban J connectivity index is 1.24. The van der Waals surface area contributed by atoms with Gasteiger partial charge in [-0.2, -0.15) is 0 Å². The highest BCUT2D eigenvalue weighted by molar-refractivity contribution is 5.95. The number of β-amino-alcohol motifs (C(OH)–C–C–N with tert-alkyl or cyclic N) is 1. The molecular formula is C36H38N4O4. The summed E-state index contributed by atoms with van der Waals surface area (Å²) in [7, 11) is 3.68. The van der Waals surface area contributed by atoms with Crippen molar-refractivity contribution < 1.29 is 19.5 Å². The monoisotopic (exact) mass is 590 g/mol. The molecule has 6 rings (SSSR count). The smallest absolute Gasteiger partial charge is 0.245 e. The number of rotatable bonds is 8. The van der Waals surface area contributed by atoms with Gasteiger partial charge in [0, 0.05) is 52.3 Å². The summed E-state index contributed by atoms with van der Waals surface area (Å²) in [5.41, 5.74) is 3.82. The largest absolute Gasteiger partial charge is 0.391 e. The van der Waals surface area contributed by atoms with Crippen molar-refractivity contribution in [3.05, 3.63) is 114 Å². The maximum absolute atomic E-state index is 13.9. The number of benzene rings is 4. The van der Waals surface area contributed by atoms with Crippen LogP contribution in [0.25, 0.3) is 10.8 Å². The molecule has 226 valence electrons. The fraction of sp³-hybridized carbons (Fsp3) is 0.306. The summed E-state index contributed by atoms with van der Waals surface area (Å²) in [6, 6.07) is 29.8. The van der Waals surface area contributed by atoms with Crippen LogP contribution in [0.2, 0.25) is 0 Å². The number of fused-ring (bicyclic) bond motifs is 2. The summed E-state index contributed by atoms with van der Waals surface area (Å²) >= 11 is 0. The Kier molecular flexibility index (Phi) is 8.35. The van der Waals surface area contributed by atoms with Crippen LogP contribution >= 0.6 is 0 Å². The standard InChI is InChI=1S/C36H38N4O4/c1-38-23-30(29-14-8-9-15-32(29)38)35(43)40-22-28(41)20-33(40)34(42)37-31(36(44)39(2)21-24-10-4-3-5-11-24)19-25-16-17-26-12-6-7-13-27(26)18-25/h3-18,28,30-31,33,41H,19-23H2,1-2H3,(H,37,42). The highest BCUT2D eigenvalue weighted by Gasteiger charge is 2.44. The first-order valence-electron chi connectivity index (χ1n) is 15.1. The molecule has 44 heavy (non-hydrogen) atoms. The predicted octanol–water partition coefficient (Wildman–Crippen LogP) is 3.72. The second-order valence-electron chi connectivity index (χ2n) is 12.0. The van der Waals surface area contributed by atoms with E-state index in [0.717, 1.165) is 33.2 Å². The maximum atomic E-state index is 13.9. The number of nitrogens with zero attached hydrogens (tertiary/aromatic N) is 3. The first kappa shape index (κ1) is 29.4. The topological polar surface area (TPSA) is 93.2 Å². The van der Waals surface area contributed by atoms with Gasteiger partial charge in [0.1, 0.15) is 12.1 Å². The number of aliphatic hydroxyl groups is 1. The lowest BCUT2D eigenvalue weighted by molar-refractivity contribution is -0.141. The zero-order chi connectivity index (χ0) is 30.8. The number of anilines is 1. The van der Waals surface area contributed by atoms with Crippen LogP contribution in [0.15, 0.2) is 97.1 Å². The number of para-hydroxylation sites is 1. The van der Waals surface area contributed by atoms with E-state index in [1.165, 1.54) is 4.90 Å². The van der Waals surface area contributed by atoms with Gasteiger partial charge in [-0.15, -0.1) is 0 Å². The number of carbonyl (C=O) groups is 3. The Bertz CT molecular complexity index is 1680. The van der Waals surface area contributed by atoms with E-state index in [4.69, 9.17) is 0 Å². The zero-order valence-electron chi connectivity index (χ0n) is 25.1. The second-order valence-corrected chi connectivity index (χ2v) is 12.0. The lowest BCUT2D eigenvalue weighted by Gasteiger charge is -2.30. The van der Waals surface area contributed by atoms with Gasteiger partial charge in [-0.25, -0.2) is 0 Å². The molecule has 0 aliphatic carbocycles. The van der Waals surface area contributed by atoms with Crippen molar-refractivity contribution in [1.29, 1.82) is 0 Å². The molecule has 2 heterocycles. The first-order chi connectivity index (χ1) is 21.3. The van der Waals surface area contributed by atoms with Crippen LogP contribution in [0.1, 0.15) is 29.0 Å². The molecule has 3 amide bonds. The SMILES string of the molecule is CN(Cc1ccccc1)C(=O)C(Cc1ccc2ccccc2c1)NC(=O)C1CC(O)CN1C(=O)C1CN(C)c2ccccc21. The minimum atomic E-state index is -0.873. The Labute approximate surface area is 257 Å². The van der Waals surface area contributed by atoms with Crippen molar-refractivity contribution in [3.8, 4) is 0 Å². The van der Waals surface area contributed by atoms with Crippen molar-refractivity contribution >= 4 is 34.2 Å². The van der Waals surface area contributed by atoms with E-state index >= 15 is 0 Å². The van der Waals surface area contributed by atoms with Gasteiger partial charge in [-0.1, -0.05) is 91.0 Å². The van der Waals surface area contributed by atoms with Gasteiger partial charge in [-0.05, 0) is 33.5 Å². The molecule has 8 nitrogen and oxygen atoms in total. The molecule has 2 N–H and O–H groups in total. The van der Waals surface area contributed by atoms with Gasteiger partial charge in [0.25, 0.3) is 0 Å². The van der Waals surface area contributed by atoms with E-state index in [2.05, 4.69) is 5.32 Å². The van der Waals surface area contributed by atoms with E-state index in [0.29, 0.717) is 19.5 Å². The Morgan fingerprint density at radius 1 is 0.886 bits per heavy atom. The number of hydrogen-bond acceptors (Lipinski definition) is 5. The number of hydrogen-bond donors (Lipinski definition) is 2. The third-order valence-electron chi connectivity index (χ3n) is 8.85. The van der Waals surface area contributed by atoms with E-state index in [1.54, 1.807) is 11.9 Å². The van der Waals surface area contributed by atoms with Crippen LogP contribution in [0.4, 0.5) is 5.69 Å². The molecule has 4 aromatic rings. The molecular weight excluding hydrogens is 552 g/mol. The van der Waals surface area contributed by atoms with Crippen molar-refractivity contribution in [2.24, 2.45) is 0 Å². The number of amides is 3. The van der Waals surface area contributed by atoms with Crippen molar-refractivity contribution in [3.63, 3.8) is 0 Å². The molecule has 4 atom stereocenters. The van der Waals surface area contributed by atoms with Crippen LogP contribution in [0.5, 0.6) is 0 Å². The first-order valence-corrected chi connectivity index (χ1v) is 15.1. The Morgan fingerprint density at radius 3 is 2.39 bits per heavy atom. The predicted molar refractivity (Wildman–Crippen MR) is 171 cm³/mol. The second kappa shape index (κ2) is 12.5. The molecule has 4 aromatic carbocycles. The van der Waals surface area contributed by atoms with Crippen LogP contribution in [0, 0.1) is 0 Å². The molecule has 2 aliphatic rings. The fourth-order valence-electron chi connectivity index (χ4n) is 6.59. The van der Waals surface area contributed by atoms with E-state index in [-0.39, 0.29) is 24.8 Å².